The highest BCUT2D eigenvalue weighted by molar-refractivity contribution is 7.14. The molecule has 1 atom stereocenters. The van der Waals surface area contributed by atoms with Gasteiger partial charge in [-0.1, -0.05) is 6.92 Å². The number of benzene rings is 1. The number of carbonyl (C=O) groups excluding carboxylic acids is 1. The van der Waals surface area contributed by atoms with Crippen LogP contribution in [-0.4, -0.2) is 32.2 Å². The lowest BCUT2D eigenvalue weighted by Crippen LogP contribution is -2.36. The van der Waals surface area contributed by atoms with Crippen molar-refractivity contribution >= 4 is 28.6 Å². The number of carbonyl (C=O) groups is 1. The number of morpholine rings is 1. The number of ether oxygens (including phenoxy) is 1. The van der Waals surface area contributed by atoms with Crippen LogP contribution in [0.4, 0.5) is 15.8 Å². The van der Waals surface area contributed by atoms with Crippen molar-refractivity contribution in [3.63, 3.8) is 0 Å². The van der Waals surface area contributed by atoms with Gasteiger partial charge in [0.25, 0.3) is 5.91 Å². The minimum atomic E-state index is -0.316. The fraction of sp³-hybridized carbons (Fsp3) is 0.450. The molecule has 2 aliphatic rings. The normalized spacial score (nSPS) is 19.9. The van der Waals surface area contributed by atoms with Gasteiger partial charge in [-0.25, -0.2) is 4.39 Å². The second-order valence-corrected chi connectivity index (χ2v) is 8.26. The van der Waals surface area contributed by atoms with Crippen molar-refractivity contribution in [1.29, 1.82) is 0 Å². The standard InChI is InChI=1S/C20H23FN2O2S/c1-13-2-5-18-14(10-13)11-19(26-18)20(24)22-15-3-4-17(16(21)12-15)23-6-8-25-9-7-23/h3-4,11-13H,2,5-10H2,1H3,(H,22,24). The van der Waals surface area contributed by atoms with Gasteiger partial charge in [0.15, 0.2) is 0 Å². The summed E-state index contributed by atoms with van der Waals surface area (Å²) in [5, 5.41) is 2.84. The molecule has 4 nitrogen and oxygen atoms in total. The van der Waals surface area contributed by atoms with Gasteiger partial charge in [-0.3, -0.25) is 4.79 Å². The van der Waals surface area contributed by atoms with E-state index in [0.29, 0.717) is 48.5 Å². The lowest BCUT2D eigenvalue weighted by atomic mass is 9.90. The molecule has 1 saturated heterocycles. The maximum absolute atomic E-state index is 14.5. The third-order valence-corrected chi connectivity index (χ3v) is 6.35. The Morgan fingerprint density at radius 2 is 2.12 bits per heavy atom. The van der Waals surface area contributed by atoms with Crippen LogP contribution in [0.2, 0.25) is 0 Å². The number of amides is 1. The van der Waals surface area contributed by atoms with Crippen LogP contribution in [0.1, 0.15) is 33.5 Å². The summed E-state index contributed by atoms with van der Waals surface area (Å²) in [5.41, 5.74) is 2.35. The van der Waals surface area contributed by atoms with E-state index in [-0.39, 0.29) is 11.7 Å². The Labute approximate surface area is 157 Å². The summed E-state index contributed by atoms with van der Waals surface area (Å²) in [6.07, 6.45) is 3.28. The molecule has 1 N–H and O–H groups in total. The van der Waals surface area contributed by atoms with Crippen molar-refractivity contribution in [3.8, 4) is 0 Å². The van der Waals surface area contributed by atoms with Crippen LogP contribution >= 0.6 is 11.3 Å². The molecule has 138 valence electrons. The summed E-state index contributed by atoms with van der Waals surface area (Å²) in [6.45, 7) is 4.84. The molecular formula is C20H23FN2O2S. The number of thiophene rings is 1. The molecule has 2 heterocycles. The number of hydrogen-bond acceptors (Lipinski definition) is 4. The molecule has 6 heteroatoms. The van der Waals surface area contributed by atoms with Crippen LogP contribution in [0.3, 0.4) is 0 Å². The van der Waals surface area contributed by atoms with Crippen molar-refractivity contribution < 1.29 is 13.9 Å². The van der Waals surface area contributed by atoms with E-state index in [1.807, 2.05) is 11.0 Å². The Morgan fingerprint density at radius 1 is 1.31 bits per heavy atom. The third kappa shape index (κ3) is 3.62. The van der Waals surface area contributed by atoms with Gasteiger partial charge in [0.05, 0.1) is 23.8 Å². The van der Waals surface area contributed by atoms with Crippen LogP contribution in [0.15, 0.2) is 24.3 Å². The second-order valence-electron chi connectivity index (χ2n) is 7.13. The molecule has 1 fully saturated rings. The van der Waals surface area contributed by atoms with E-state index in [2.05, 4.69) is 12.2 Å². The monoisotopic (exact) mass is 374 g/mol. The van der Waals surface area contributed by atoms with Gasteiger partial charge in [-0.05, 0) is 55.0 Å². The maximum Gasteiger partial charge on any atom is 0.265 e. The summed E-state index contributed by atoms with van der Waals surface area (Å²) >= 11 is 1.57. The zero-order valence-electron chi connectivity index (χ0n) is 14.9. The van der Waals surface area contributed by atoms with Crippen molar-refractivity contribution in [3.05, 3.63) is 45.4 Å². The molecule has 0 radical (unpaired) electrons. The lowest BCUT2D eigenvalue weighted by Gasteiger charge is -2.29. The summed E-state index contributed by atoms with van der Waals surface area (Å²) in [6, 6.07) is 6.90. The fourth-order valence-corrected chi connectivity index (χ4v) is 4.76. The molecule has 1 aromatic carbocycles. The molecule has 0 saturated carbocycles. The molecule has 2 aromatic rings. The largest absolute Gasteiger partial charge is 0.378 e. The first-order valence-corrected chi connectivity index (χ1v) is 9.97. The van der Waals surface area contributed by atoms with Gasteiger partial charge in [0, 0.05) is 23.7 Å². The number of halogens is 1. The second kappa shape index (κ2) is 7.37. The van der Waals surface area contributed by atoms with Crippen LogP contribution < -0.4 is 10.2 Å². The van der Waals surface area contributed by atoms with E-state index in [4.69, 9.17) is 4.74 Å². The van der Waals surface area contributed by atoms with Crippen LogP contribution in [0.5, 0.6) is 0 Å². The SMILES string of the molecule is CC1CCc2sc(C(=O)Nc3ccc(N4CCOCC4)c(F)c3)cc2C1. The highest BCUT2D eigenvalue weighted by atomic mass is 32.1. The highest BCUT2D eigenvalue weighted by Gasteiger charge is 2.21. The molecular weight excluding hydrogens is 351 g/mol. The number of aryl methyl sites for hydroxylation is 1. The van der Waals surface area contributed by atoms with Crippen molar-refractivity contribution in [2.45, 2.75) is 26.2 Å². The minimum Gasteiger partial charge on any atom is -0.378 e. The summed E-state index contributed by atoms with van der Waals surface area (Å²) in [7, 11) is 0. The maximum atomic E-state index is 14.5. The molecule has 1 amide bonds. The first kappa shape index (κ1) is 17.5. The van der Waals surface area contributed by atoms with E-state index >= 15 is 0 Å². The van der Waals surface area contributed by atoms with Crippen molar-refractivity contribution in [2.75, 3.05) is 36.5 Å². The third-order valence-electron chi connectivity index (χ3n) is 5.11. The molecule has 0 spiro atoms. The predicted octanol–water partition coefficient (Wildman–Crippen LogP) is 4.10. The Bertz CT molecular complexity index is 814. The fourth-order valence-electron chi connectivity index (χ4n) is 3.66. The molecule has 1 aromatic heterocycles. The van der Waals surface area contributed by atoms with E-state index in [1.54, 1.807) is 23.5 Å². The molecule has 4 rings (SSSR count). The highest BCUT2D eigenvalue weighted by Crippen LogP contribution is 2.32. The van der Waals surface area contributed by atoms with E-state index in [1.165, 1.54) is 22.9 Å². The summed E-state index contributed by atoms with van der Waals surface area (Å²) in [5.74, 6) is 0.203. The number of nitrogens with zero attached hydrogens (tertiary/aromatic N) is 1. The molecule has 1 unspecified atom stereocenters. The van der Waals surface area contributed by atoms with Gasteiger partial charge in [-0.15, -0.1) is 11.3 Å². The quantitative estimate of drug-likeness (QED) is 0.879. The topological polar surface area (TPSA) is 41.6 Å². The number of anilines is 2. The Morgan fingerprint density at radius 3 is 2.88 bits per heavy atom. The first-order valence-electron chi connectivity index (χ1n) is 9.15. The lowest BCUT2D eigenvalue weighted by molar-refractivity contribution is 0.103. The zero-order valence-corrected chi connectivity index (χ0v) is 15.7. The Balaban J connectivity index is 1.47. The van der Waals surface area contributed by atoms with E-state index < -0.39 is 0 Å². The van der Waals surface area contributed by atoms with Crippen molar-refractivity contribution in [2.24, 2.45) is 5.92 Å². The molecule has 1 aliphatic heterocycles. The van der Waals surface area contributed by atoms with Crippen LogP contribution in [0, 0.1) is 11.7 Å². The van der Waals surface area contributed by atoms with Crippen LogP contribution in [0.25, 0.3) is 0 Å². The van der Waals surface area contributed by atoms with Gasteiger partial charge in [0.2, 0.25) is 0 Å². The summed E-state index contributed by atoms with van der Waals surface area (Å²) < 4.78 is 19.8. The van der Waals surface area contributed by atoms with Gasteiger partial charge < -0.3 is 15.0 Å². The van der Waals surface area contributed by atoms with Crippen molar-refractivity contribution in [1.82, 2.24) is 0 Å². The van der Waals surface area contributed by atoms with Crippen LogP contribution in [-0.2, 0) is 17.6 Å². The number of fused-ring (bicyclic) bond motifs is 1. The Kier molecular flexibility index (Phi) is 4.96. The van der Waals surface area contributed by atoms with Gasteiger partial charge >= 0.3 is 0 Å². The van der Waals surface area contributed by atoms with Gasteiger partial charge in [0.1, 0.15) is 5.82 Å². The minimum absolute atomic E-state index is 0.157. The predicted molar refractivity (Wildman–Crippen MR) is 103 cm³/mol. The molecule has 26 heavy (non-hydrogen) atoms. The molecule has 1 aliphatic carbocycles. The number of nitrogens with one attached hydrogen (secondary N) is 1. The number of rotatable bonds is 3. The Hall–Kier alpha value is -1.92. The summed E-state index contributed by atoms with van der Waals surface area (Å²) in [4.78, 5) is 16.6. The zero-order chi connectivity index (χ0) is 18.1. The van der Waals surface area contributed by atoms with Gasteiger partial charge in [-0.2, -0.15) is 0 Å². The van der Waals surface area contributed by atoms with E-state index in [9.17, 15) is 9.18 Å². The smallest absolute Gasteiger partial charge is 0.265 e. The average Bonchev–Trinajstić information content (AvgIpc) is 3.06. The average molecular weight is 374 g/mol. The molecule has 0 bridgehead atoms. The first-order chi connectivity index (χ1) is 12.6. The van der Waals surface area contributed by atoms with E-state index in [0.717, 1.165) is 12.8 Å². The number of hydrogen-bond donors (Lipinski definition) is 1.